The van der Waals surface area contributed by atoms with Crippen LogP contribution in [0.1, 0.15) is 17.3 Å². The number of benzene rings is 1. The number of likely N-dealkylation sites (N-methyl/N-ethyl adjacent to an activating group) is 1. The van der Waals surface area contributed by atoms with Gasteiger partial charge in [-0.2, -0.15) is 0 Å². The van der Waals surface area contributed by atoms with Crippen LogP contribution in [0.5, 0.6) is 0 Å². The van der Waals surface area contributed by atoms with Crippen molar-refractivity contribution in [1.82, 2.24) is 19.4 Å². The number of ether oxygens (including phenoxy) is 1. The maximum Gasteiger partial charge on any atom is 0.251 e. The molecule has 35 heavy (non-hydrogen) atoms. The lowest BCUT2D eigenvalue weighted by molar-refractivity contribution is 0.122. The highest BCUT2D eigenvalue weighted by Gasteiger charge is 2.20. The molecule has 1 atom stereocenters. The molecule has 8 heteroatoms. The van der Waals surface area contributed by atoms with Gasteiger partial charge in [0.2, 0.25) is 0 Å². The Morgan fingerprint density at radius 3 is 2.69 bits per heavy atom. The van der Waals surface area contributed by atoms with Crippen LogP contribution in [0.4, 0.5) is 5.69 Å². The summed E-state index contributed by atoms with van der Waals surface area (Å²) in [5.41, 5.74) is 5.59. The number of nitrogens with one attached hydrogen (secondary N) is 1. The van der Waals surface area contributed by atoms with E-state index in [4.69, 9.17) is 16.3 Å². The first-order chi connectivity index (χ1) is 16.9. The minimum absolute atomic E-state index is 0.0431. The molecule has 7 nitrogen and oxygen atoms in total. The van der Waals surface area contributed by atoms with Gasteiger partial charge < -0.3 is 24.1 Å². The van der Waals surface area contributed by atoms with Crippen molar-refractivity contribution in [2.75, 3.05) is 51.8 Å². The highest BCUT2D eigenvalue weighted by Crippen LogP contribution is 2.31. The third-order valence-electron chi connectivity index (χ3n) is 6.55. The van der Waals surface area contributed by atoms with E-state index < -0.39 is 0 Å². The summed E-state index contributed by atoms with van der Waals surface area (Å²) in [6.45, 7) is 5.80. The number of anilines is 1. The zero-order chi connectivity index (χ0) is 24.5. The number of morpholine rings is 1. The van der Waals surface area contributed by atoms with Crippen LogP contribution in [0, 0.1) is 6.92 Å². The van der Waals surface area contributed by atoms with Crippen molar-refractivity contribution in [3.05, 3.63) is 81.5 Å². The van der Waals surface area contributed by atoms with Crippen LogP contribution in [0.3, 0.4) is 0 Å². The Morgan fingerprint density at radius 2 is 1.97 bits per heavy atom. The summed E-state index contributed by atoms with van der Waals surface area (Å²) < 4.78 is 7.35. The first-order valence-corrected chi connectivity index (χ1v) is 12.2. The molecular weight excluding hydrogens is 462 g/mol. The lowest BCUT2D eigenvalue weighted by atomic mass is 10.0. The van der Waals surface area contributed by atoms with E-state index in [0.29, 0.717) is 11.6 Å². The van der Waals surface area contributed by atoms with Gasteiger partial charge >= 0.3 is 0 Å². The minimum Gasteiger partial charge on any atom is -0.378 e. The number of nitrogens with zero attached hydrogens (tertiary/aromatic N) is 4. The van der Waals surface area contributed by atoms with Gasteiger partial charge in [0.15, 0.2) is 0 Å². The Kier molecular flexibility index (Phi) is 6.65. The standard InChI is InChI=1S/C27H30ClN5O2/c1-18-11-20(13-26(34)33(18)25(17-31(2)3)19-5-4-6-21(28)12-19)24-16-30-27-23(24)14-22(15-29-27)32-7-9-35-10-8-32/h4-6,11-16,25H,7-10,17H2,1-3H3,(H,29,30). The number of halogens is 1. The first kappa shape index (κ1) is 23.6. The summed E-state index contributed by atoms with van der Waals surface area (Å²) >= 11 is 6.29. The van der Waals surface area contributed by atoms with E-state index in [0.717, 1.165) is 65.4 Å². The van der Waals surface area contributed by atoms with Gasteiger partial charge in [0, 0.05) is 53.6 Å². The average Bonchev–Trinajstić information content (AvgIpc) is 3.26. The molecule has 3 aromatic heterocycles. The Morgan fingerprint density at radius 1 is 1.17 bits per heavy atom. The lowest BCUT2D eigenvalue weighted by Crippen LogP contribution is -2.36. The monoisotopic (exact) mass is 491 g/mol. The van der Waals surface area contributed by atoms with Crippen molar-refractivity contribution in [2.24, 2.45) is 0 Å². The van der Waals surface area contributed by atoms with E-state index in [1.54, 1.807) is 6.07 Å². The molecule has 0 radical (unpaired) electrons. The zero-order valence-corrected chi connectivity index (χ0v) is 21.0. The van der Waals surface area contributed by atoms with Gasteiger partial charge in [0.05, 0.1) is 31.1 Å². The highest BCUT2D eigenvalue weighted by atomic mass is 35.5. The quantitative estimate of drug-likeness (QED) is 0.434. The predicted octanol–water partition coefficient (Wildman–Crippen LogP) is 4.34. The van der Waals surface area contributed by atoms with E-state index in [-0.39, 0.29) is 11.6 Å². The third-order valence-corrected chi connectivity index (χ3v) is 6.78. The van der Waals surface area contributed by atoms with Crippen LogP contribution in [0.2, 0.25) is 5.02 Å². The molecule has 0 bridgehead atoms. The van der Waals surface area contributed by atoms with Crippen molar-refractivity contribution in [1.29, 1.82) is 0 Å². The molecule has 1 saturated heterocycles. The molecular formula is C27H30ClN5O2. The molecule has 1 aliphatic rings. The van der Waals surface area contributed by atoms with Gasteiger partial charge in [0.25, 0.3) is 5.56 Å². The maximum absolute atomic E-state index is 13.6. The van der Waals surface area contributed by atoms with Gasteiger partial charge in [-0.05, 0) is 56.4 Å². The summed E-state index contributed by atoms with van der Waals surface area (Å²) in [7, 11) is 4.02. The summed E-state index contributed by atoms with van der Waals surface area (Å²) in [5.74, 6) is 0. The van der Waals surface area contributed by atoms with Crippen LogP contribution in [0.15, 0.2) is 59.7 Å². The van der Waals surface area contributed by atoms with E-state index in [1.807, 2.05) is 62.2 Å². The van der Waals surface area contributed by atoms with E-state index >= 15 is 0 Å². The van der Waals surface area contributed by atoms with Gasteiger partial charge in [-0.3, -0.25) is 4.79 Å². The predicted molar refractivity (Wildman–Crippen MR) is 142 cm³/mol. The molecule has 0 saturated carbocycles. The molecule has 1 unspecified atom stereocenters. The van der Waals surface area contributed by atoms with Crippen LogP contribution >= 0.6 is 11.6 Å². The maximum atomic E-state index is 13.6. The molecule has 4 heterocycles. The van der Waals surface area contributed by atoms with Gasteiger partial charge in [-0.1, -0.05) is 23.7 Å². The summed E-state index contributed by atoms with van der Waals surface area (Å²) in [6.07, 6.45) is 3.83. The number of aromatic amines is 1. The smallest absolute Gasteiger partial charge is 0.251 e. The van der Waals surface area contributed by atoms with E-state index in [2.05, 4.69) is 31.9 Å². The summed E-state index contributed by atoms with van der Waals surface area (Å²) in [4.78, 5) is 25.8. The Hall–Kier alpha value is -3.13. The molecule has 4 aromatic rings. The minimum atomic E-state index is -0.150. The van der Waals surface area contributed by atoms with Crippen molar-refractivity contribution in [3.63, 3.8) is 0 Å². The van der Waals surface area contributed by atoms with E-state index in [1.165, 1.54) is 0 Å². The molecule has 1 aliphatic heterocycles. The topological polar surface area (TPSA) is 66.4 Å². The van der Waals surface area contributed by atoms with Gasteiger partial charge in [0.1, 0.15) is 5.65 Å². The van der Waals surface area contributed by atoms with E-state index in [9.17, 15) is 4.79 Å². The van der Waals surface area contributed by atoms with Crippen molar-refractivity contribution in [3.8, 4) is 11.1 Å². The summed E-state index contributed by atoms with van der Waals surface area (Å²) in [6, 6.07) is 13.6. The van der Waals surface area contributed by atoms with Crippen LogP contribution in [0.25, 0.3) is 22.2 Å². The second-order valence-electron chi connectivity index (χ2n) is 9.32. The lowest BCUT2D eigenvalue weighted by Gasteiger charge is -2.28. The molecule has 0 spiro atoms. The normalized spacial score (nSPS) is 15.2. The fraction of sp³-hybridized carbons (Fsp3) is 0.333. The van der Waals surface area contributed by atoms with Crippen LogP contribution in [-0.4, -0.2) is 66.4 Å². The highest BCUT2D eigenvalue weighted by molar-refractivity contribution is 6.30. The second-order valence-corrected chi connectivity index (χ2v) is 9.75. The third kappa shape index (κ3) is 4.85. The van der Waals surface area contributed by atoms with Crippen molar-refractivity contribution >= 4 is 28.3 Å². The SMILES string of the molecule is Cc1cc(-c2c[nH]c3ncc(N4CCOCC4)cc23)cc(=O)n1C(CN(C)C)c1cccc(Cl)c1. The average molecular weight is 492 g/mol. The van der Waals surface area contributed by atoms with Gasteiger partial charge in [-0.15, -0.1) is 0 Å². The fourth-order valence-corrected chi connectivity index (χ4v) is 5.09. The number of hydrogen-bond acceptors (Lipinski definition) is 5. The molecule has 1 N–H and O–H groups in total. The molecule has 0 aliphatic carbocycles. The molecule has 1 aromatic carbocycles. The number of aromatic nitrogens is 3. The van der Waals surface area contributed by atoms with Crippen LogP contribution < -0.4 is 10.5 Å². The Labute approximate surface area is 209 Å². The fourth-order valence-electron chi connectivity index (χ4n) is 4.89. The zero-order valence-electron chi connectivity index (χ0n) is 20.3. The number of pyridine rings is 2. The molecule has 5 rings (SSSR count). The van der Waals surface area contributed by atoms with Gasteiger partial charge in [-0.25, -0.2) is 4.98 Å². The number of fused-ring (bicyclic) bond motifs is 1. The Bertz CT molecular complexity index is 1400. The largest absolute Gasteiger partial charge is 0.378 e. The second kappa shape index (κ2) is 9.85. The van der Waals surface area contributed by atoms with Crippen molar-refractivity contribution < 1.29 is 4.74 Å². The first-order valence-electron chi connectivity index (χ1n) is 11.8. The number of rotatable bonds is 6. The van der Waals surface area contributed by atoms with Crippen molar-refractivity contribution in [2.45, 2.75) is 13.0 Å². The molecule has 182 valence electrons. The number of hydrogen-bond donors (Lipinski definition) is 1. The molecule has 1 fully saturated rings. The number of H-pyrrole nitrogens is 1. The molecule has 0 amide bonds. The Balaban J connectivity index is 1.57. The van der Waals surface area contributed by atoms with Crippen LogP contribution in [-0.2, 0) is 4.74 Å². The number of aryl methyl sites for hydroxylation is 1. The summed E-state index contributed by atoms with van der Waals surface area (Å²) in [5, 5.41) is 1.67.